The molecule has 13 nitrogen and oxygen atoms in total. The third kappa shape index (κ3) is 11.4. The number of nitrogens with zero attached hydrogens (tertiary/aromatic N) is 2. The fraction of sp³-hybridized carbons (Fsp3) is 0.357. The van der Waals surface area contributed by atoms with Gasteiger partial charge in [-0.25, -0.2) is 14.4 Å². The molecule has 0 aliphatic rings. The zero-order chi connectivity index (χ0) is 30.4. The third-order valence-corrected chi connectivity index (χ3v) is 5.25. The van der Waals surface area contributed by atoms with Crippen molar-refractivity contribution in [1.29, 1.82) is 0 Å². The summed E-state index contributed by atoms with van der Waals surface area (Å²) in [4.78, 5) is 60.8. The molecule has 2 N–H and O–H groups in total. The molecule has 220 valence electrons. The van der Waals surface area contributed by atoms with E-state index in [2.05, 4.69) is 15.4 Å². The van der Waals surface area contributed by atoms with Gasteiger partial charge in [0.05, 0.1) is 12.0 Å². The van der Waals surface area contributed by atoms with Crippen molar-refractivity contribution in [3.05, 3.63) is 81.4 Å². The largest absolute Gasteiger partial charge is 0.465 e. The molecule has 3 amide bonds. The van der Waals surface area contributed by atoms with Crippen LogP contribution in [0.1, 0.15) is 47.1 Å². The Kier molecular flexibility index (Phi) is 12.3. The predicted octanol–water partition coefficient (Wildman–Crippen LogP) is 3.79. The molecule has 0 heterocycles. The van der Waals surface area contributed by atoms with E-state index in [0.717, 1.165) is 7.11 Å². The Morgan fingerprint density at radius 2 is 1.61 bits per heavy atom. The lowest BCUT2D eigenvalue weighted by molar-refractivity contribution is -0.385. The number of esters is 1. The molecule has 0 radical (unpaired) electrons. The van der Waals surface area contributed by atoms with Gasteiger partial charge in [-0.15, -0.1) is 0 Å². The molecule has 0 spiro atoms. The topological polar surface area (TPSA) is 166 Å². The van der Waals surface area contributed by atoms with Crippen molar-refractivity contribution in [3.8, 4) is 0 Å². The van der Waals surface area contributed by atoms with E-state index in [1.165, 1.54) is 35.3 Å². The van der Waals surface area contributed by atoms with Crippen LogP contribution in [0.15, 0.2) is 54.6 Å². The predicted molar refractivity (Wildman–Crippen MR) is 149 cm³/mol. The normalized spacial score (nSPS) is 10.9. The third-order valence-electron chi connectivity index (χ3n) is 5.25. The van der Waals surface area contributed by atoms with Crippen molar-refractivity contribution in [1.82, 2.24) is 15.5 Å². The van der Waals surface area contributed by atoms with Crippen LogP contribution < -0.4 is 10.6 Å². The van der Waals surface area contributed by atoms with Crippen LogP contribution in [0.4, 0.5) is 15.3 Å². The first kappa shape index (κ1) is 32.3. The molecule has 13 heteroatoms. The SMILES string of the molecule is COC(=O)c1cc(/C=C/COC(=O)NCCN(CCNC(=O)OC(C)(C)C)C(=O)c2ccccc2)ccc1[N+](=O)[O-]. The summed E-state index contributed by atoms with van der Waals surface area (Å²) in [6.45, 7) is 5.66. The van der Waals surface area contributed by atoms with E-state index in [1.807, 2.05) is 0 Å². The van der Waals surface area contributed by atoms with Crippen molar-refractivity contribution in [2.45, 2.75) is 26.4 Å². The highest BCUT2D eigenvalue weighted by Crippen LogP contribution is 2.21. The van der Waals surface area contributed by atoms with Crippen LogP contribution in [-0.4, -0.2) is 79.4 Å². The lowest BCUT2D eigenvalue weighted by Crippen LogP contribution is -2.43. The molecule has 0 fully saturated rings. The van der Waals surface area contributed by atoms with E-state index in [4.69, 9.17) is 9.47 Å². The van der Waals surface area contributed by atoms with Gasteiger partial charge in [0.25, 0.3) is 11.6 Å². The number of alkyl carbamates (subject to hydrolysis) is 2. The summed E-state index contributed by atoms with van der Waals surface area (Å²) >= 11 is 0. The van der Waals surface area contributed by atoms with Gasteiger partial charge in [-0.05, 0) is 56.7 Å². The number of hydrogen-bond acceptors (Lipinski definition) is 9. The highest BCUT2D eigenvalue weighted by Gasteiger charge is 2.21. The fourth-order valence-corrected chi connectivity index (χ4v) is 3.43. The highest BCUT2D eigenvalue weighted by atomic mass is 16.6. The quantitative estimate of drug-likeness (QED) is 0.167. The summed E-state index contributed by atoms with van der Waals surface area (Å²) in [5, 5.41) is 16.3. The number of nitrogens with one attached hydrogen (secondary N) is 2. The Balaban J connectivity index is 1.88. The maximum atomic E-state index is 13.0. The first-order valence-corrected chi connectivity index (χ1v) is 12.7. The molecule has 0 aliphatic heterocycles. The molecule has 0 unspecified atom stereocenters. The second kappa shape index (κ2) is 15.6. The monoisotopic (exact) mass is 570 g/mol. The van der Waals surface area contributed by atoms with E-state index in [1.54, 1.807) is 51.1 Å². The van der Waals surface area contributed by atoms with Gasteiger partial charge in [-0.1, -0.05) is 24.3 Å². The first-order valence-electron chi connectivity index (χ1n) is 12.7. The Hall–Kier alpha value is -4.94. The molecule has 0 aliphatic carbocycles. The van der Waals surface area contributed by atoms with Gasteiger partial charge in [-0.2, -0.15) is 0 Å². The second-order valence-electron chi connectivity index (χ2n) is 9.54. The van der Waals surface area contributed by atoms with Crippen molar-refractivity contribution in [2.75, 3.05) is 39.9 Å². The molecular weight excluding hydrogens is 536 g/mol. The van der Waals surface area contributed by atoms with Crippen LogP contribution in [-0.2, 0) is 14.2 Å². The molecular formula is C28H34N4O9. The molecule has 0 aromatic heterocycles. The molecule has 0 saturated heterocycles. The number of rotatable bonds is 12. The highest BCUT2D eigenvalue weighted by molar-refractivity contribution is 5.95. The van der Waals surface area contributed by atoms with E-state index in [-0.39, 0.29) is 49.9 Å². The Labute approximate surface area is 237 Å². The maximum Gasteiger partial charge on any atom is 0.407 e. The standard InChI is InChI=1S/C28H34N4O9/c1-28(2,3)41-27(36)30-15-17-31(24(33)21-10-6-5-7-11-21)16-14-29-26(35)40-18-8-9-20-12-13-23(32(37)38)22(19-20)25(34)39-4/h5-13,19H,14-18H2,1-4H3,(H,29,35)(H,30,36)/b9-8+. The van der Waals surface area contributed by atoms with Gasteiger partial charge in [0.1, 0.15) is 17.8 Å². The molecule has 2 aromatic carbocycles. The number of methoxy groups -OCH3 is 1. The lowest BCUT2D eigenvalue weighted by Gasteiger charge is -2.24. The lowest BCUT2D eigenvalue weighted by atomic mass is 10.1. The first-order chi connectivity index (χ1) is 19.4. The molecule has 2 rings (SSSR count). The van der Waals surface area contributed by atoms with Crippen LogP contribution in [0.3, 0.4) is 0 Å². The maximum absolute atomic E-state index is 13.0. The number of carbonyl (C=O) groups is 4. The van der Waals surface area contributed by atoms with Gasteiger partial charge in [0.15, 0.2) is 0 Å². The van der Waals surface area contributed by atoms with E-state index in [9.17, 15) is 29.3 Å². The Morgan fingerprint density at radius 3 is 2.20 bits per heavy atom. The summed E-state index contributed by atoms with van der Waals surface area (Å²) < 4.78 is 14.9. The summed E-state index contributed by atoms with van der Waals surface area (Å²) in [6, 6.07) is 12.5. The minimum Gasteiger partial charge on any atom is -0.465 e. The number of nitro benzene ring substituents is 1. The van der Waals surface area contributed by atoms with E-state index in [0.29, 0.717) is 11.1 Å². The summed E-state index contributed by atoms with van der Waals surface area (Å²) in [5.74, 6) is -1.12. The van der Waals surface area contributed by atoms with Crippen LogP contribution in [0.25, 0.3) is 6.08 Å². The molecule has 2 aromatic rings. The number of nitro groups is 1. The number of hydrogen-bond donors (Lipinski definition) is 2. The minimum absolute atomic E-state index is 0.0817. The van der Waals surface area contributed by atoms with Gasteiger partial charge >= 0.3 is 18.2 Å². The second-order valence-corrected chi connectivity index (χ2v) is 9.54. The van der Waals surface area contributed by atoms with Gasteiger partial charge in [0, 0.05) is 37.8 Å². The van der Waals surface area contributed by atoms with Crippen molar-refractivity contribution in [2.24, 2.45) is 0 Å². The van der Waals surface area contributed by atoms with Gasteiger partial charge in [0.2, 0.25) is 0 Å². The minimum atomic E-state index is -0.844. The van der Waals surface area contributed by atoms with Gasteiger partial charge < -0.3 is 29.7 Å². The Bertz CT molecular complexity index is 1260. The molecule has 0 atom stereocenters. The molecule has 0 saturated carbocycles. The number of ether oxygens (including phenoxy) is 3. The summed E-state index contributed by atoms with van der Waals surface area (Å²) in [7, 11) is 1.12. The van der Waals surface area contributed by atoms with Crippen LogP contribution in [0, 0.1) is 10.1 Å². The van der Waals surface area contributed by atoms with Crippen molar-refractivity contribution >= 4 is 35.8 Å². The summed E-state index contributed by atoms with van der Waals surface area (Å²) in [6.07, 6.45) is 1.69. The zero-order valence-corrected chi connectivity index (χ0v) is 23.4. The van der Waals surface area contributed by atoms with Crippen LogP contribution >= 0.6 is 0 Å². The number of carbonyl (C=O) groups excluding carboxylic acids is 4. The Morgan fingerprint density at radius 1 is 0.976 bits per heavy atom. The van der Waals surface area contributed by atoms with Gasteiger partial charge in [-0.3, -0.25) is 14.9 Å². The van der Waals surface area contributed by atoms with Crippen molar-refractivity contribution < 1.29 is 38.3 Å². The molecule has 0 bridgehead atoms. The molecule has 41 heavy (non-hydrogen) atoms. The van der Waals surface area contributed by atoms with E-state index >= 15 is 0 Å². The van der Waals surface area contributed by atoms with Crippen LogP contribution in [0.2, 0.25) is 0 Å². The van der Waals surface area contributed by atoms with E-state index < -0.39 is 28.7 Å². The average Bonchev–Trinajstić information content (AvgIpc) is 2.93. The van der Waals surface area contributed by atoms with Crippen molar-refractivity contribution in [3.63, 3.8) is 0 Å². The fourth-order valence-electron chi connectivity index (χ4n) is 3.43. The average molecular weight is 571 g/mol. The zero-order valence-electron chi connectivity index (χ0n) is 23.4. The summed E-state index contributed by atoms with van der Waals surface area (Å²) in [5.41, 5.74) is -0.315. The number of benzene rings is 2. The number of amides is 3. The smallest absolute Gasteiger partial charge is 0.407 e. The van der Waals surface area contributed by atoms with Crippen LogP contribution in [0.5, 0.6) is 0 Å².